The Balaban J connectivity index is 2.43. The first-order valence-electron chi connectivity index (χ1n) is 4.94. The van der Waals surface area contributed by atoms with Gasteiger partial charge in [0.1, 0.15) is 0 Å². The van der Waals surface area contributed by atoms with Gasteiger partial charge in [-0.2, -0.15) is 0 Å². The molecule has 0 aromatic heterocycles. The Morgan fingerprint density at radius 3 is 2.64 bits per heavy atom. The van der Waals surface area contributed by atoms with Crippen LogP contribution in [0.3, 0.4) is 0 Å². The Morgan fingerprint density at radius 2 is 2.14 bits per heavy atom. The summed E-state index contributed by atoms with van der Waals surface area (Å²) in [6.45, 7) is 2.81. The summed E-state index contributed by atoms with van der Waals surface area (Å²) in [6.07, 6.45) is 1.55. The molecule has 3 heteroatoms. The molecule has 0 aliphatic carbocycles. The van der Waals surface area contributed by atoms with Crippen LogP contribution >= 0.6 is 0 Å². The Hall–Kier alpha value is -0.960. The Labute approximate surface area is 82.1 Å². The lowest BCUT2D eigenvalue weighted by Crippen LogP contribution is -2.35. The van der Waals surface area contributed by atoms with Crippen molar-refractivity contribution in [3.63, 3.8) is 0 Å². The molecule has 1 aromatic carbocycles. The molecule has 1 atom stereocenters. The third-order valence-electron chi connectivity index (χ3n) is 2.79. The number of hydrogen-bond acceptors (Lipinski definition) is 1. The number of benzene rings is 1. The van der Waals surface area contributed by atoms with Crippen LogP contribution in [0, 0.1) is 11.6 Å². The van der Waals surface area contributed by atoms with E-state index < -0.39 is 11.6 Å². The highest BCUT2D eigenvalue weighted by molar-refractivity contribution is 5.33. The average Bonchev–Trinajstić information content (AvgIpc) is 2.09. The maximum Gasteiger partial charge on any atom is 0.162 e. The predicted molar refractivity (Wildman–Crippen MR) is 51.1 cm³/mol. The molecule has 1 aliphatic heterocycles. The standard InChI is InChI=1S/C11H13F2N/c1-2-7-8(10-5-6-14-10)3-4-9(12)11(7)13/h3-4,10,14H,2,5-6H2,1H3. The summed E-state index contributed by atoms with van der Waals surface area (Å²) in [7, 11) is 0. The molecule has 1 aromatic rings. The Morgan fingerprint density at radius 1 is 1.43 bits per heavy atom. The topological polar surface area (TPSA) is 12.0 Å². The normalized spacial score (nSPS) is 20.6. The van der Waals surface area contributed by atoms with Gasteiger partial charge in [0, 0.05) is 6.04 Å². The fourth-order valence-electron chi connectivity index (χ4n) is 1.85. The van der Waals surface area contributed by atoms with Gasteiger partial charge < -0.3 is 5.32 Å². The lowest BCUT2D eigenvalue weighted by molar-refractivity contribution is 0.377. The zero-order valence-corrected chi connectivity index (χ0v) is 8.11. The third-order valence-corrected chi connectivity index (χ3v) is 2.79. The summed E-state index contributed by atoms with van der Waals surface area (Å²) < 4.78 is 26.3. The van der Waals surface area contributed by atoms with Crippen molar-refractivity contribution in [1.29, 1.82) is 0 Å². The number of nitrogens with one attached hydrogen (secondary N) is 1. The Bertz CT molecular complexity index is 345. The second kappa shape index (κ2) is 3.65. The SMILES string of the molecule is CCc1c(C2CCN2)ccc(F)c1F. The van der Waals surface area contributed by atoms with Crippen LogP contribution in [-0.2, 0) is 6.42 Å². The van der Waals surface area contributed by atoms with Crippen LogP contribution in [0.15, 0.2) is 12.1 Å². The maximum absolute atomic E-state index is 13.4. The van der Waals surface area contributed by atoms with Gasteiger partial charge in [0.2, 0.25) is 0 Å². The number of rotatable bonds is 2. The van der Waals surface area contributed by atoms with Crippen LogP contribution < -0.4 is 5.32 Å². The number of halogens is 2. The smallest absolute Gasteiger partial charge is 0.162 e. The molecule has 1 unspecified atom stereocenters. The van der Waals surface area contributed by atoms with Gasteiger partial charge in [-0.05, 0) is 36.6 Å². The van der Waals surface area contributed by atoms with Crippen molar-refractivity contribution in [3.05, 3.63) is 34.9 Å². The number of hydrogen-bond donors (Lipinski definition) is 1. The summed E-state index contributed by atoms with van der Waals surface area (Å²) in [5, 5.41) is 3.19. The highest BCUT2D eigenvalue weighted by Crippen LogP contribution is 2.28. The fraction of sp³-hybridized carbons (Fsp3) is 0.455. The van der Waals surface area contributed by atoms with Gasteiger partial charge >= 0.3 is 0 Å². The van der Waals surface area contributed by atoms with Crippen molar-refractivity contribution in [2.24, 2.45) is 0 Å². The molecule has 2 rings (SSSR count). The van der Waals surface area contributed by atoms with Crippen molar-refractivity contribution >= 4 is 0 Å². The summed E-state index contributed by atoms with van der Waals surface area (Å²) in [6, 6.07) is 3.12. The molecule has 0 saturated carbocycles. The van der Waals surface area contributed by atoms with E-state index in [0.717, 1.165) is 18.5 Å². The van der Waals surface area contributed by atoms with Gasteiger partial charge in [-0.15, -0.1) is 0 Å². The molecule has 1 saturated heterocycles. The molecule has 0 amide bonds. The van der Waals surface area contributed by atoms with E-state index in [2.05, 4.69) is 5.32 Å². The monoisotopic (exact) mass is 197 g/mol. The second-order valence-corrected chi connectivity index (χ2v) is 3.58. The molecule has 76 valence electrons. The summed E-state index contributed by atoms with van der Waals surface area (Å²) >= 11 is 0. The van der Waals surface area contributed by atoms with Crippen LogP contribution in [0.2, 0.25) is 0 Å². The van der Waals surface area contributed by atoms with Gasteiger partial charge in [0.05, 0.1) is 0 Å². The maximum atomic E-state index is 13.4. The van der Waals surface area contributed by atoms with Crippen LogP contribution in [-0.4, -0.2) is 6.54 Å². The van der Waals surface area contributed by atoms with E-state index in [1.54, 1.807) is 6.07 Å². The minimum atomic E-state index is -0.745. The zero-order valence-electron chi connectivity index (χ0n) is 8.11. The van der Waals surface area contributed by atoms with E-state index in [4.69, 9.17) is 0 Å². The molecule has 14 heavy (non-hydrogen) atoms. The lowest BCUT2D eigenvalue weighted by Gasteiger charge is -2.29. The third kappa shape index (κ3) is 1.42. The van der Waals surface area contributed by atoms with Crippen LogP contribution in [0.4, 0.5) is 8.78 Å². The van der Waals surface area contributed by atoms with E-state index in [1.165, 1.54) is 6.07 Å². The van der Waals surface area contributed by atoms with Crippen molar-refractivity contribution in [2.75, 3.05) is 6.54 Å². The molecule has 1 aliphatic rings. The lowest BCUT2D eigenvalue weighted by atomic mass is 9.92. The summed E-state index contributed by atoms with van der Waals surface area (Å²) in [5.41, 5.74) is 1.43. The zero-order chi connectivity index (χ0) is 10.1. The van der Waals surface area contributed by atoms with E-state index in [0.29, 0.717) is 12.0 Å². The summed E-state index contributed by atoms with van der Waals surface area (Å²) in [4.78, 5) is 0. The van der Waals surface area contributed by atoms with Gasteiger partial charge in [-0.25, -0.2) is 8.78 Å². The predicted octanol–water partition coefficient (Wildman–Crippen LogP) is 2.56. The van der Waals surface area contributed by atoms with Crippen LogP contribution in [0.5, 0.6) is 0 Å². The molecule has 1 fully saturated rings. The fourth-order valence-corrected chi connectivity index (χ4v) is 1.85. The molecule has 1 N–H and O–H groups in total. The van der Waals surface area contributed by atoms with E-state index in [9.17, 15) is 8.78 Å². The van der Waals surface area contributed by atoms with Gasteiger partial charge in [0.15, 0.2) is 11.6 Å². The first-order valence-corrected chi connectivity index (χ1v) is 4.94. The quantitative estimate of drug-likeness (QED) is 0.768. The van der Waals surface area contributed by atoms with E-state index >= 15 is 0 Å². The van der Waals surface area contributed by atoms with Crippen LogP contribution in [0.25, 0.3) is 0 Å². The molecule has 0 bridgehead atoms. The minimum Gasteiger partial charge on any atom is -0.310 e. The van der Waals surface area contributed by atoms with Gasteiger partial charge in [-0.3, -0.25) is 0 Å². The molecular formula is C11H13F2N. The molecule has 1 nitrogen and oxygen atoms in total. The highest BCUT2D eigenvalue weighted by atomic mass is 19.2. The van der Waals surface area contributed by atoms with E-state index in [-0.39, 0.29) is 6.04 Å². The van der Waals surface area contributed by atoms with Gasteiger partial charge in [0.25, 0.3) is 0 Å². The van der Waals surface area contributed by atoms with Crippen molar-refractivity contribution < 1.29 is 8.78 Å². The largest absolute Gasteiger partial charge is 0.310 e. The Kier molecular flexibility index (Phi) is 2.50. The second-order valence-electron chi connectivity index (χ2n) is 3.58. The first kappa shape index (κ1) is 9.59. The molecule has 0 radical (unpaired) electrons. The van der Waals surface area contributed by atoms with Crippen molar-refractivity contribution in [1.82, 2.24) is 5.32 Å². The average molecular weight is 197 g/mol. The molecular weight excluding hydrogens is 184 g/mol. The molecule has 0 spiro atoms. The van der Waals surface area contributed by atoms with Crippen molar-refractivity contribution in [2.45, 2.75) is 25.8 Å². The van der Waals surface area contributed by atoms with Crippen molar-refractivity contribution in [3.8, 4) is 0 Å². The molecule has 1 heterocycles. The summed E-state index contributed by atoms with van der Waals surface area (Å²) in [5.74, 6) is -1.43. The van der Waals surface area contributed by atoms with Crippen LogP contribution in [0.1, 0.15) is 30.5 Å². The highest BCUT2D eigenvalue weighted by Gasteiger charge is 2.23. The van der Waals surface area contributed by atoms with E-state index in [1.807, 2.05) is 6.92 Å². The minimum absolute atomic E-state index is 0.222. The van der Waals surface area contributed by atoms with Gasteiger partial charge in [-0.1, -0.05) is 13.0 Å². The first-order chi connectivity index (χ1) is 6.74.